The van der Waals surface area contributed by atoms with Crippen molar-refractivity contribution in [2.45, 2.75) is 0 Å². The molecular formula is C14H12N. The normalized spacial score (nSPS) is 9.60. The summed E-state index contributed by atoms with van der Waals surface area (Å²) in [7, 11) is 0. The van der Waals surface area contributed by atoms with Crippen molar-refractivity contribution in [1.82, 2.24) is 0 Å². The summed E-state index contributed by atoms with van der Waals surface area (Å²) in [5, 5.41) is 3.31. The molecule has 0 spiro atoms. The Hall–Kier alpha value is -2.02. The van der Waals surface area contributed by atoms with Gasteiger partial charge in [-0.15, -0.1) is 0 Å². The molecule has 0 aliphatic heterocycles. The second-order valence-corrected chi connectivity index (χ2v) is 3.24. The molecule has 0 aromatic heterocycles. The summed E-state index contributed by atoms with van der Waals surface area (Å²) in [6, 6.07) is 18.0. The number of hydrogen-bond acceptors (Lipinski definition) is 1. The van der Waals surface area contributed by atoms with Crippen LogP contribution in [0.1, 0.15) is 5.56 Å². The zero-order valence-electron chi connectivity index (χ0n) is 8.35. The van der Waals surface area contributed by atoms with Gasteiger partial charge in [0.25, 0.3) is 0 Å². The van der Waals surface area contributed by atoms with Gasteiger partial charge in [-0.25, -0.2) is 0 Å². The van der Waals surface area contributed by atoms with E-state index in [4.69, 9.17) is 6.58 Å². The fourth-order valence-corrected chi connectivity index (χ4v) is 1.43. The number of benzene rings is 2. The number of nitrogens with one attached hydrogen (secondary N) is 1. The van der Waals surface area contributed by atoms with E-state index in [0.29, 0.717) is 0 Å². The van der Waals surface area contributed by atoms with Gasteiger partial charge in [-0.3, -0.25) is 0 Å². The van der Waals surface area contributed by atoms with E-state index >= 15 is 0 Å². The second kappa shape index (κ2) is 4.47. The molecule has 0 fully saturated rings. The first-order valence-corrected chi connectivity index (χ1v) is 4.86. The minimum atomic E-state index is 1.00. The van der Waals surface area contributed by atoms with Gasteiger partial charge < -0.3 is 5.32 Å². The van der Waals surface area contributed by atoms with Crippen LogP contribution in [-0.2, 0) is 0 Å². The lowest BCUT2D eigenvalue weighted by atomic mass is 10.1. The van der Waals surface area contributed by atoms with Crippen molar-refractivity contribution < 1.29 is 0 Å². The number of anilines is 2. The molecule has 0 atom stereocenters. The summed E-state index contributed by atoms with van der Waals surface area (Å²) < 4.78 is 0. The lowest BCUT2D eigenvalue weighted by molar-refractivity contribution is 1.53. The van der Waals surface area contributed by atoms with Gasteiger partial charge in [0.1, 0.15) is 0 Å². The number of para-hydroxylation sites is 2. The first kappa shape index (κ1) is 9.53. The maximum atomic E-state index is 5.54. The van der Waals surface area contributed by atoms with Gasteiger partial charge in [-0.2, -0.15) is 0 Å². The standard InChI is InChI=1S/C14H12N/c1-2-12-8-6-7-11-14(12)15-13-9-4-3-5-10-13/h1-11,15H. The fourth-order valence-electron chi connectivity index (χ4n) is 1.43. The number of rotatable bonds is 3. The Morgan fingerprint density at radius 1 is 0.867 bits per heavy atom. The Kier molecular flexibility index (Phi) is 2.84. The lowest BCUT2D eigenvalue weighted by Crippen LogP contribution is -1.91. The maximum absolute atomic E-state index is 5.54. The minimum absolute atomic E-state index is 1.00. The molecule has 2 aromatic rings. The highest BCUT2D eigenvalue weighted by atomic mass is 14.9. The van der Waals surface area contributed by atoms with Gasteiger partial charge in [0.05, 0.1) is 0 Å². The van der Waals surface area contributed by atoms with E-state index in [1.807, 2.05) is 54.6 Å². The Morgan fingerprint density at radius 2 is 1.53 bits per heavy atom. The Balaban J connectivity index is 2.28. The van der Waals surface area contributed by atoms with E-state index in [0.717, 1.165) is 16.9 Å². The van der Waals surface area contributed by atoms with Crippen molar-refractivity contribution in [3.05, 3.63) is 66.7 Å². The largest absolute Gasteiger partial charge is 0.355 e. The van der Waals surface area contributed by atoms with Gasteiger partial charge in [0, 0.05) is 11.4 Å². The first-order chi connectivity index (χ1) is 7.40. The summed E-state index contributed by atoms with van der Waals surface area (Å²) in [5.41, 5.74) is 3.08. The van der Waals surface area contributed by atoms with Crippen LogP contribution in [0.4, 0.5) is 11.4 Å². The van der Waals surface area contributed by atoms with E-state index in [2.05, 4.69) is 5.32 Å². The smallest absolute Gasteiger partial charge is 0.0457 e. The molecule has 2 rings (SSSR count). The zero-order valence-corrected chi connectivity index (χ0v) is 8.35. The van der Waals surface area contributed by atoms with E-state index in [1.165, 1.54) is 0 Å². The molecule has 0 unspecified atom stereocenters. The first-order valence-electron chi connectivity index (χ1n) is 4.86. The SMILES string of the molecule is [CH]=Cc1ccccc1Nc1ccccc1. The van der Waals surface area contributed by atoms with Crippen molar-refractivity contribution in [3.8, 4) is 0 Å². The van der Waals surface area contributed by atoms with Crippen LogP contribution in [0.25, 0.3) is 6.08 Å². The van der Waals surface area contributed by atoms with E-state index < -0.39 is 0 Å². The van der Waals surface area contributed by atoms with Crippen LogP contribution in [0.5, 0.6) is 0 Å². The fraction of sp³-hybridized carbons (Fsp3) is 0. The average molecular weight is 194 g/mol. The number of hydrogen-bond donors (Lipinski definition) is 1. The van der Waals surface area contributed by atoms with Crippen LogP contribution in [0.2, 0.25) is 0 Å². The predicted octanol–water partition coefficient (Wildman–Crippen LogP) is 3.88. The second-order valence-electron chi connectivity index (χ2n) is 3.24. The topological polar surface area (TPSA) is 12.0 Å². The quantitative estimate of drug-likeness (QED) is 0.781. The molecule has 0 saturated carbocycles. The van der Waals surface area contributed by atoms with Crippen LogP contribution < -0.4 is 5.32 Å². The molecule has 0 heterocycles. The molecule has 0 aliphatic rings. The predicted molar refractivity (Wildman–Crippen MR) is 64.9 cm³/mol. The highest BCUT2D eigenvalue weighted by Gasteiger charge is 1.97. The van der Waals surface area contributed by atoms with E-state index in [1.54, 1.807) is 6.08 Å². The Bertz CT molecular complexity index is 446. The third-order valence-corrected chi connectivity index (χ3v) is 2.19. The van der Waals surface area contributed by atoms with Crippen LogP contribution in [0, 0.1) is 6.58 Å². The van der Waals surface area contributed by atoms with Crippen molar-refractivity contribution >= 4 is 17.5 Å². The molecule has 1 N–H and O–H groups in total. The van der Waals surface area contributed by atoms with E-state index in [-0.39, 0.29) is 0 Å². The molecule has 0 aliphatic carbocycles. The van der Waals surface area contributed by atoms with Crippen molar-refractivity contribution in [1.29, 1.82) is 0 Å². The van der Waals surface area contributed by atoms with Crippen LogP contribution in [0.15, 0.2) is 54.6 Å². The summed E-state index contributed by atoms with van der Waals surface area (Å²) in [6.45, 7) is 5.54. The molecule has 0 bridgehead atoms. The summed E-state index contributed by atoms with van der Waals surface area (Å²) >= 11 is 0. The van der Waals surface area contributed by atoms with Crippen LogP contribution in [-0.4, -0.2) is 0 Å². The van der Waals surface area contributed by atoms with Gasteiger partial charge in [0.2, 0.25) is 0 Å². The third kappa shape index (κ3) is 2.26. The Morgan fingerprint density at radius 3 is 2.27 bits per heavy atom. The molecule has 73 valence electrons. The van der Waals surface area contributed by atoms with Crippen molar-refractivity contribution in [3.63, 3.8) is 0 Å². The van der Waals surface area contributed by atoms with Crippen molar-refractivity contribution in [2.24, 2.45) is 0 Å². The van der Waals surface area contributed by atoms with Crippen LogP contribution >= 0.6 is 0 Å². The van der Waals surface area contributed by atoms with Gasteiger partial charge in [-0.1, -0.05) is 49.1 Å². The molecule has 15 heavy (non-hydrogen) atoms. The highest BCUT2D eigenvalue weighted by molar-refractivity contribution is 5.70. The summed E-state index contributed by atoms with van der Waals surface area (Å²) in [4.78, 5) is 0. The summed E-state index contributed by atoms with van der Waals surface area (Å²) in [6.07, 6.45) is 1.60. The van der Waals surface area contributed by atoms with Crippen molar-refractivity contribution in [2.75, 3.05) is 5.32 Å². The minimum Gasteiger partial charge on any atom is -0.355 e. The monoisotopic (exact) mass is 194 g/mol. The lowest BCUT2D eigenvalue weighted by Gasteiger charge is -2.08. The molecule has 1 heteroatoms. The average Bonchev–Trinajstić information content (AvgIpc) is 2.31. The molecular weight excluding hydrogens is 182 g/mol. The maximum Gasteiger partial charge on any atom is 0.0457 e. The van der Waals surface area contributed by atoms with E-state index in [9.17, 15) is 0 Å². The summed E-state index contributed by atoms with van der Waals surface area (Å²) in [5.74, 6) is 0. The Labute approximate surface area is 90.1 Å². The highest BCUT2D eigenvalue weighted by Crippen LogP contribution is 2.20. The zero-order chi connectivity index (χ0) is 10.5. The van der Waals surface area contributed by atoms with Gasteiger partial charge in [0.15, 0.2) is 0 Å². The molecule has 2 aromatic carbocycles. The molecule has 0 saturated heterocycles. The van der Waals surface area contributed by atoms with Gasteiger partial charge >= 0.3 is 0 Å². The van der Waals surface area contributed by atoms with Gasteiger partial charge in [-0.05, 0) is 23.8 Å². The third-order valence-electron chi connectivity index (χ3n) is 2.19. The molecule has 0 amide bonds. The molecule has 1 nitrogen and oxygen atoms in total. The van der Waals surface area contributed by atoms with Crippen LogP contribution in [0.3, 0.4) is 0 Å². The molecule has 1 radical (unpaired) electrons.